The quantitative estimate of drug-likeness (QED) is 0.665. The molecule has 164 valence electrons. The Morgan fingerprint density at radius 3 is 1.90 bits per heavy atom. The van der Waals surface area contributed by atoms with Gasteiger partial charge in [0, 0.05) is 6.26 Å². The monoisotopic (exact) mass is 442 g/mol. The first-order valence-electron chi connectivity index (χ1n) is 10.1. The molecule has 7 nitrogen and oxygen atoms in total. The number of amides is 3. The lowest BCUT2D eigenvalue weighted by atomic mass is 10.0. The Labute approximate surface area is 182 Å². The second-order valence-electron chi connectivity index (χ2n) is 8.24. The molecule has 0 aliphatic carbocycles. The molecule has 0 spiro atoms. The van der Waals surface area contributed by atoms with Gasteiger partial charge in [-0.15, -0.1) is 0 Å². The number of fused-ring (bicyclic) bond motifs is 1. The van der Waals surface area contributed by atoms with Crippen LogP contribution in [0.25, 0.3) is 0 Å². The largest absolute Gasteiger partial charge is 0.348 e. The number of hydrogen-bond donors (Lipinski definition) is 1. The Kier molecular flexibility index (Phi) is 6.31. The standard InChI is InChI=1S/C23H26N2O5S/c1-14(2)13-20(25-22(27)18-7-5-6-8-19(18)23(25)28)21(26)24-15(3)16-9-11-17(12-10-16)31(4,29)30/h5-12,14-15,20H,13H2,1-4H3,(H,24,26)/t15-,20-/m1/s1. The highest BCUT2D eigenvalue weighted by molar-refractivity contribution is 7.90. The normalized spacial score (nSPS) is 15.7. The number of carbonyl (C=O) groups excluding carboxylic acids is 3. The molecule has 0 unspecified atom stereocenters. The molecule has 1 aliphatic heterocycles. The number of rotatable bonds is 7. The van der Waals surface area contributed by atoms with Gasteiger partial charge in [0.05, 0.1) is 22.1 Å². The molecule has 0 saturated heterocycles. The van der Waals surface area contributed by atoms with Crippen LogP contribution in [0.2, 0.25) is 0 Å². The summed E-state index contributed by atoms with van der Waals surface area (Å²) in [5, 5.41) is 2.87. The van der Waals surface area contributed by atoms with E-state index in [1.165, 1.54) is 12.1 Å². The van der Waals surface area contributed by atoms with E-state index >= 15 is 0 Å². The highest BCUT2D eigenvalue weighted by atomic mass is 32.2. The molecule has 0 saturated carbocycles. The second-order valence-corrected chi connectivity index (χ2v) is 10.3. The first-order chi connectivity index (χ1) is 14.5. The number of sulfone groups is 1. The lowest BCUT2D eigenvalue weighted by Gasteiger charge is -2.28. The van der Waals surface area contributed by atoms with Crippen molar-refractivity contribution < 1.29 is 22.8 Å². The highest BCUT2D eigenvalue weighted by Gasteiger charge is 2.42. The Hall–Kier alpha value is -3.00. The number of imide groups is 1. The van der Waals surface area contributed by atoms with Crippen LogP contribution in [0.3, 0.4) is 0 Å². The van der Waals surface area contributed by atoms with Gasteiger partial charge in [0.2, 0.25) is 5.91 Å². The van der Waals surface area contributed by atoms with Crippen LogP contribution in [-0.4, -0.2) is 43.3 Å². The van der Waals surface area contributed by atoms with Crippen molar-refractivity contribution in [3.63, 3.8) is 0 Å². The Morgan fingerprint density at radius 2 is 1.45 bits per heavy atom. The van der Waals surface area contributed by atoms with Crippen LogP contribution in [0.5, 0.6) is 0 Å². The van der Waals surface area contributed by atoms with Gasteiger partial charge < -0.3 is 5.32 Å². The third-order valence-corrected chi connectivity index (χ3v) is 6.43. The van der Waals surface area contributed by atoms with Crippen molar-refractivity contribution in [1.82, 2.24) is 10.2 Å². The molecule has 0 fully saturated rings. The summed E-state index contributed by atoms with van der Waals surface area (Å²) in [6, 6.07) is 11.4. The number of carbonyl (C=O) groups is 3. The fourth-order valence-corrected chi connectivity index (χ4v) is 4.29. The first-order valence-corrected chi connectivity index (χ1v) is 12.0. The zero-order valence-electron chi connectivity index (χ0n) is 18.0. The van der Waals surface area contributed by atoms with Crippen molar-refractivity contribution in [3.8, 4) is 0 Å². The van der Waals surface area contributed by atoms with Gasteiger partial charge >= 0.3 is 0 Å². The van der Waals surface area contributed by atoms with Gasteiger partial charge in [-0.25, -0.2) is 8.42 Å². The van der Waals surface area contributed by atoms with Gasteiger partial charge in [0.1, 0.15) is 6.04 Å². The van der Waals surface area contributed by atoms with Crippen LogP contribution < -0.4 is 5.32 Å². The fraction of sp³-hybridized carbons (Fsp3) is 0.348. The van der Waals surface area contributed by atoms with Crippen LogP contribution in [0.15, 0.2) is 53.4 Å². The molecule has 0 radical (unpaired) electrons. The predicted molar refractivity (Wildman–Crippen MR) is 116 cm³/mol. The maximum Gasteiger partial charge on any atom is 0.262 e. The van der Waals surface area contributed by atoms with E-state index in [9.17, 15) is 22.8 Å². The van der Waals surface area contributed by atoms with Gasteiger partial charge in [-0.05, 0) is 49.1 Å². The molecule has 31 heavy (non-hydrogen) atoms. The lowest BCUT2D eigenvalue weighted by molar-refractivity contribution is -0.126. The van der Waals surface area contributed by atoms with E-state index in [0.29, 0.717) is 23.1 Å². The van der Waals surface area contributed by atoms with Gasteiger partial charge in [-0.1, -0.05) is 38.1 Å². The minimum Gasteiger partial charge on any atom is -0.348 e. The smallest absolute Gasteiger partial charge is 0.262 e. The average Bonchev–Trinajstić information content (AvgIpc) is 2.96. The molecule has 1 N–H and O–H groups in total. The number of benzene rings is 2. The summed E-state index contributed by atoms with van der Waals surface area (Å²) in [7, 11) is -3.31. The van der Waals surface area contributed by atoms with Gasteiger partial charge in [0.25, 0.3) is 11.8 Å². The van der Waals surface area contributed by atoms with Crippen molar-refractivity contribution in [3.05, 3.63) is 65.2 Å². The molecule has 2 aromatic carbocycles. The lowest BCUT2D eigenvalue weighted by Crippen LogP contribution is -2.50. The third kappa shape index (κ3) is 4.69. The van der Waals surface area contributed by atoms with Crippen LogP contribution >= 0.6 is 0 Å². The molecule has 0 bridgehead atoms. The molecule has 3 amide bonds. The minimum atomic E-state index is -3.31. The maximum atomic E-state index is 13.2. The molecular formula is C23H26N2O5S. The zero-order chi connectivity index (χ0) is 22.9. The molecule has 8 heteroatoms. The van der Waals surface area contributed by atoms with Crippen LogP contribution in [0, 0.1) is 5.92 Å². The summed E-state index contributed by atoms with van der Waals surface area (Å²) >= 11 is 0. The molecule has 2 atom stereocenters. The van der Waals surface area contributed by atoms with E-state index in [2.05, 4.69) is 5.32 Å². The maximum absolute atomic E-state index is 13.2. The molecule has 1 aliphatic rings. The third-order valence-electron chi connectivity index (χ3n) is 5.30. The molecule has 0 aromatic heterocycles. The SMILES string of the molecule is CC(C)C[C@H](C(=O)N[C@H](C)c1ccc(S(C)(=O)=O)cc1)N1C(=O)c2ccccc2C1=O. The van der Waals surface area contributed by atoms with Gasteiger partial charge in [-0.3, -0.25) is 19.3 Å². The van der Waals surface area contributed by atoms with E-state index in [1.807, 2.05) is 13.8 Å². The van der Waals surface area contributed by atoms with Gasteiger partial charge in [-0.2, -0.15) is 0 Å². The van der Waals surface area contributed by atoms with E-state index in [0.717, 1.165) is 11.2 Å². The van der Waals surface area contributed by atoms with E-state index in [4.69, 9.17) is 0 Å². The van der Waals surface area contributed by atoms with E-state index in [-0.39, 0.29) is 10.8 Å². The summed E-state index contributed by atoms with van der Waals surface area (Å²) in [4.78, 5) is 40.2. The van der Waals surface area contributed by atoms with Crippen molar-refractivity contribution in [2.75, 3.05) is 6.26 Å². The van der Waals surface area contributed by atoms with Gasteiger partial charge in [0.15, 0.2) is 9.84 Å². The van der Waals surface area contributed by atoms with Crippen molar-refractivity contribution >= 4 is 27.6 Å². The van der Waals surface area contributed by atoms with Crippen molar-refractivity contribution in [1.29, 1.82) is 0 Å². The number of nitrogens with one attached hydrogen (secondary N) is 1. The number of nitrogens with zero attached hydrogens (tertiary/aromatic N) is 1. The van der Waals surface area contributed by atoms with Crippen molar-refractivity contribution in [2.24, 2.45) is 5.92 Å². The Bertz CT molecular complexity index is 1090. The topological polar surface area (TPSA) is 101 Å². The molecule has 1 heterocycles. The average molecular weight is 443 g/mol. The predicted octanol–water partition coefficient (Wildman–Crippen LogP) is 2.98. The van der Waals surface area contributed by atoms with E-state index < -0.39 is 39.6 Å². The fourth-order valence-electron chi connectivity index (χ4n) is 3.66. The molecule has 2 aromatic rings. The highest BCUT2D eigenvalue weighted by Crippen LogP contribution is 2.27. The number of hydrogen-bond acceptors (Lipinski definition) is 5. The Morgan fingerprint density at radius 1 is 0.935 bits per heavy atom. The summed E-state index contributed by atoms with van der Waals surface area (Å²) in [5.41, 5.74) is 1.32. The molecular weight excluding hydrogens is 416 g/mol. The van der Waals surface area contributed by atoms with E-state index in [1.54, 1.807) is 43.3 Å². The summed E-state index contributed by atoms with van der Waals surface area (Å²) in [6.45, 7) is 5.61. The first kappa shape index (κ1) is 22.7. The summed E-state index contributed by atoms with van der Waals surface area (Å²) < 4.78 is 23.3. The minimum absolute atomic E-state index is 0.0735. The zero-order valence-corrected chi connectivity index (χ0v) is 18.8. The summed E-state index contributed by atoms with van der Waals surface area (Å²) in [5.74, 6) is -1.29. The molecule has 3 rings (SSSR count). The summed E-state index contributed by atoms with van der Waals surface area (Å²) in [6.07, 6.45) is 1.46. The Balaban J connectivity index is 1.83. The second kappa shape index (κ2) is 8.63. The van der Waals surface area contributed by atoms with Crippen LogP contribution in [0.1, 0.15) is 59.5 Å². The van der Waals surface area contributed by atoms with Crippen LogP contribution in [0.4, 0.5) is 0 Å². The van der Waals surface area contributed by atoms with Crippen LogP contribution in [-0.2, 0) is 14.6 Å². The van der Waals surface area contributed by atoms with Crippen molar-refractivity contribution in [2.45, 2.75) is 44.2 Å².